The number of anilines is 1. The second-order valence-corrected chi connectivity index (χ2v) is 4.84. The summed E-state index contributed by atoms with van der Waals surface area (Å²) in [5.41, 5.74) is 8.57. The van der Waals surface area contributed by atoms with E-state index in [1.807, 2.05) is 36.4 Å². The summed E-state index contributed by atoms with van der Waals surface area (Å²) in [6.07, 6.45) is 4.45. The van der Waals surface area contributed by atoms with Gasteiger partial charge in [-0.05, 0) is 41.3 Å². The van der Waals surface area contributed by atoms with Crippen molar-refractivity contribution in [1.29, 1.82) is 0 Å². The number of nitrogen functional groups attached to an aromatic ring is 1. The molecule has 1 heterocycles. The predicted octanol–water partition coefficient (Wildman–Crippen LogP) is 2.97. The highest BCUT2D eigenvalue weighted by Gasteiger charge is 2.11. The maximum atomic E-state index is 12.0. The zero-order valence-corrected chi connectivity index (χ0v) is 11.0. The molecule has 3 heteroatoms. The van der Waals surface area contributed by atoms with Crippen LogP contribution in [0.3, 0.4) is 0 Å². The Labute approximate surface area is 113 Å². The molecule has 0 aliphatic heterocycles. The molecule has 1 atom stereocenters. The van der Waals surface area contributed by atoms with Gasteiger partial charge in [0.1, 0.15) is 5.78 Å². The number of pyridine rings is 1. The van der Waals surface area contributed by atoms with E-state index >= 15 is 0 Å². The molecular formula is C16H18N2O. The van der Waals surface area contributed by atoms with Crippen molar-refractivity contribution in [3.63, 3.8) is 0 Å². The Balaban J connectivity index is 1.93. The van der Waals surface area contributed by atoms with Crippen LogP contribution in [0.15, 0.2) is 48.8 Å². The monoisotopic (exact) mass is 254 g/mol. The third kappa shape index (κ3) is 3.91. The van der Waals surface area contributed by atoms with E-state index in [2.05, 4.69) is 11.9 Å². The second-order valence-electron chi connectivity index (χ2n) is 4.84. The maximum absolute atomic E-state index is 12.0. The van der Waals surface area contributed by atoms with E-state index in [1.165, 1.54) is 0 Å². The fraction of sp³-hybridized carbons (Fsp3) is 0.250. The molecule has 2 N–H and O–H groups in total. The minimum Gasteiger partial charge on any atom is -0.399 e. The van der Waals surface area contributed by atoms with Crippen molar-refractivity contribution in [3.8, 4) is 0 Å². The van der Waals surface area contributed by atoms with Gasteiger partial charge in [-0.15, -0.1) is 0 Å². The number of nitrogens with two attached hydrogens (primary N) is 1. The summed E-state index contributed by atoms with van der Waals surface area (Å²) < 4.78 is 0. The molecule has 98 valence electrons. The Morgan fingerprint density at radius 1 is 1.16 bits per heavy atom. The Morgan fingerprint density at radius 3 is 2.42 bits per heavy atom. The first kappa shape index (κ1) is 13.3. The van der Waals surface area contributed by atoms with E-state index in [0.717, 1.165) is 16.8 Å². The number of Topliss-reactive ketones (excluding diaryl/α,β-unsaturated/α-hetero) is 1. The van der Waals surface area contributed by atoms with Crippen LogP contribution >= 0.6 is 0 Å². The van der Waals surface area contributed by atoms with Crippen LogP contribution in [0.2, 0.25) is 0 Å². The van der Waals surface area contributed by atoms with Gasteiger partial charge >= 0.3 is 0 Å². The average molecular weight is 254 g/mol. The van der Waals surface area contributed by atoms with Gasteiger partial charge in [-0.3, -0.25) is 9.78 Å². The third-order valence-corrected chi connectivity index (χ3v) is 3.19. The van der Waals surface area contributed by atoms with Gasteiger partial charge in [-0.25, -0.2) is 0 Å². The number of hydrogen-bond donors (Lipinski definition) is 1. The molecular weight excluding hydrogens is 236 g/mol. The molecule has 0 aliphatic rings. The molecule has 0 fully saturated rings. The molecule has 0 saturated heterocycles. The molecule has 3 nitrogen and oxygen atoms in total. The van der Waals surface area contributed by atoms with E-state index in [0.29, 0.717) is 12.8 Å². The highest BCUT2D eigenvalue weighted by Crippen LogP contribution is 2.21. The van der Waals surface area contributed by atoms with Crippen LogP contribution in [0.5, 0.6) is 0 Å². The van der Waals surface area contributed by atoms with Crippen molar-refractivity contribution < 1.29 is 4.79 Å². The van der Waals surface area contributed by atoms with Crippen molar-refractivity contribution >= 4 is 11.5 Å². The number of rotatable bonds is 5. The van der Waals surface area contributed by atoms with Gasteiger partial charge in [0, 0.05) is 30.9 Å². The number of benzene rings is 1. The Hall–Kier alpha value is -2.16. The van der Waals surface area contributed by atoms with Crippen LogP contribution in [-0.2, 0) is 11.2 Å². The number of ketones is 1. The molecule has 0 radical (unpaired) electrons. The molecule has 2 aromatic rings. The highest BCUT2D eigenvalue weighted by molar-refractivity contribution is 5.81. The maximum Gasteiger partial charge on any atom is 0.137 e. The van der Waals surface area contributed by atoms with Crippen molar-refractivity contribution in [2.24, 2.45) is 0 Å². The van der Waals surface area contributed by atoms with Gasteiger partial charge < -0.3 is 5.73 Å². The molecule has 0 amide bonds. The number of carbonyl (C=O) groups is 1. The smallest absolute Gasteiger partial charge is 0.137 e. The summed E-state index contributed by atoms with van der Waals surface area (Å²) >= 11 is 0. The summed E-state index contributed by atoms with van der Waals surface area (Å²) in [6, 6.07) is 11.5. The molecule has 1 aromatic heterocycles. The molecule has 1 unspecified atom stereocenters. The highest BCUT2D eigenvalue weighted by atomic mass is 16.1. The van der Waals surface area contributed by atoms with Gasteiger partial charge in [0.05, 0.1) is 0 Å². The molecule has 0 saturated carbocycles. The topological polar surface area (TPSA) is 56.0 Å². The fourth-order valence-corrected chi connectivity index (χ4v) is 2.08. The van der Waals surface area contributed by atoms with Gasteiger partial charge in [0.25, 0.3) is 0 Å². The van der Waals surface area contributed by atoms with Gasteiger partial charge in [-0.1, -0.05) is 19.1 Å². The largest absolute Gasteiger partial charge is 0.399 e. The predicted molar refractivity (Wildman–Crippen MR) is 76.8 cm³/mol. The lowest BCUT2D eigenvalue weighted by Crippen LogP contribution is -2.07. The van der Waals surface area contributed by atoms with Crippen molar-refractivity contribution in [2.45, 2.75) is 25.7 Å². The van der Waals surface area contributed by atoms with E-state index in [-0.39, 0.29) is 11.7 Å². The number of hydrogen-bond acceptors (Lipinski definition) is 3. The fourth-order valence-electron chi connectivity index (χ4n) is 2.08. The summed E-state index contributed by atoms with van der Waals surface area (Å²) in [5, 5.41) is 0. The van der Waals surface area contributed by atoms with Crippen LogP contribution in [0.25, 0.3) is 0 Å². The summed E-state index contributed by atoms with van der Waals surface area (Å²) in [5.74, 6) is 0.463. The number of nitrogens with zero attached hydrogens (tertiary/aromatic N) is 1. The van der Waals surface area contributed by atoms with Gasteiger partial charge in [0.2, 0.25) is 0 Å². The van der Waals surface area contributed by atoms with Crippen molar-refractivity contribution in [3.05, 3.63) is 59.9 Å². The van der Waals surface area contributed by atoms with E-state index < -0.39 is 0 Å². The number of aromatic nitrogens is 1. The summed E-state index contributed by atoms with van der Waals surface area (Å²) in [4.78, 5) is 16.0. The normalized spacial score (nSPS) is 12.1. The van der Waals surface area contributed by atoms with Crippen molar-refractivity contribution in [2.75, 3.05) is 5.73 Å². The van der Waals surface area contributed by atoms with Gasteiger partial charge in [-0.2, -0.15) is 0 Å². The lowest BCUT2D eigenvalue weighted by Gasteiger charge is -2.11. The molecule has 0 spiro atoms. The van der Waals surface area contributed by atoms with E-state index in [1.54, 1.807) is 12.4 Å². The lowest BCUT2D eigenvalue weighted by atomic mass is 9.93. The van der Waals surface area contributed by atoms with Crippen LogP contribution in [0.4, 0.5) is 5.69 Å². The summed E-state index contributed by atoms with van der Waals surface area (Å²) in [6.45, 7) is 2.07. The first-order valence-corrected chi connectivity index (χ1v) is 6.41. The summed E-state index contributed by atoms with van der Waals surface area (Å²) in [7, 11) is 0. The Morgan fingerprint density at radius 2 is 1.79 bits per heavy atom. The van der Waals surface area contributed by atoms with E-state index in [9.17, 15) is 4.79 Å². The standard InChI is InChI=1S/C16H18N2O/c1-12(14-2-4-15(17)5-3-14)10-16(19)11-13-6-8-18-9-7-13/h2-9,12H,10-11,17H2,1H3. The third-order valence-electron chi connectivity index (χ3n) is 3.19. The first-order valence-electron chi connectivity index (χ1n) is 6.41. The van der Waals surface area contributed by atoms with Crippen LogP contribution < -0.4 is 5.73 Å². The van der Waals surface area contributed by atoms with Gasteiger partial charge in [0.15, 0.2) is 0 Å². The van der Waals surface area contributed by atoms with Crippen LogP contribution in [0.1, 0.15) is 30.4 Å². The number of carbonyl (C=O) groups excluding carboxylic acids is 1. The van der Waals surface area contributed by atoms with E-state index in [4.69, 9.17) is 5.73 Å². The minimum atomic E-state index is 0.218. The molecule has 2 rings (SSSR count). The van der Waals surface area contributed by atoms with Crippen LogP contribution in [0, 0.1) is 0 Å². The second kappa shape index (κ2) is 6.14. The molecule has 19 heavy (non-hydrogen) atoms. The molecule has 0 bridgehead atoms. The molecule has 0 aliphatic carbocycles. The van der Waals surface area contributed by atoms with Crippen molar-refractivity contribution in [1.82, 2.24) is 4.98 Å². The SMILES string of the molecule is CC(CC(=O)Cc1ccncc1)c1ccc(N)cc1. The molecule has 1 aromatic carbocycles. The zero-order valence-electron chi connectivity index (χ0n) is 11.0. The quantitative estimate of drug-likeness (QED) is 0.834. The zero-order chi connectivity index (χ0) is 13.7. The Kier molecular flexibility index (Phi) is 4.29. The lowest BCUT2D eigenvalue weighted by molar-refractivity contribution is -0.118. The first-order chi connectivity index (χ1) is 9.15. The Bertz CT molecular complexity index is 534. The minimum absolute atomic E-state index is 0.218. The average Bonchev–Trinajstić information content (AvgIpc) is 2.40. The van der Waals surface area contributed by atoms with Crippen LogP contribution in [-0.4, -0.2) is 10.8 Å².